The number of benzene rings is 1. The van der Waals surface area contributed by atoms with Gasteiger partial charge in [-0.3, -0.25) is 5.10 Å². The van der Waals surface area contributed by atoms with Crippen molar-refractivity contribution in [2.75, 3.05) is 31.5 Å². The molecule has 0 saturated carbocycles. The number of aryl methyl sites for hydroxylation is 1. The van der Waals surface area contributed by atoms with Crippen molar-refractivity contribution in [2.45, 2.75) is 20.8 Å². The molecule has 2 N–H and O–H groups in total. The molecule has 5 nitrogen and oxygen atoms in total. The molecule has 0 spiro atoms. The largest absolute Gasteiger partial charge is 0.383 e. The van der Waals surface area contributed by atoms with Crippen molar-refractivity contribution in [3.63, 3.8) is 0 Å². The zero-order chi connectivity index (χ0) is 15.5. The Bertz CT molecular complexity index is 783. The molecule has 0 radical (unpaired) electrons. The van der Waals surface area contributed by atoms with Crippen LogP contribution in [-0.4, -0.2) is 46.3 Å². The third kappa shape index (κ3) is 3.91. The van der Waals surface area contributed by atoms with Gasteiger partial charge < -0.3 is 10.2 Å². The number of aromatic nitrogens is 3. The lowest BCUT2D eigenvalue weighted by atomic mass is 10.1. The van der Waals surface area contributed by atoms with Crippen LogP contribution in [0.4, 0.5) is 5.69 Å². The van der Waals surface area contributed by atoms with Gasteiger partial charge in [0, 0.05) is 24.2 Å². The Morgan fingerprint density at radius 3 is 2.54 bits per heavy atom. The fraction of sp³-hybridized carbons (Fsp3) is 0.412. The fourth-order valence-electron chi connectivity index (χ4n) is 2.89. The Balaban J connectivity index is 0.00000144. The number of nitrogens with one attached hydrogen (secondary N) is 2. The van der Waals surface area contributed by atoms with E-state index in [0.717, 1.165) is 59.5 Å². The van der Waals surface area contributed by atoms with Gasteiger partial charge in [-0.2, -0.15) is 5.10 Å². The van der Waals surface area contributed by atoms with Crippen molar-refractivity contribution in [2.24, 2.45) is 0 Å². The minimum Gasteiger partial charge on any atom is -0.383 e. The highest BCUT2D eigenvalue weighted by atomic mass is 35.5. The highest BCUT2D eigenvalue weighted by Gasteiger charge is 2.13. The lowest BCUT2D eigenvalue weighted by molar-refractivity contribution is 0.316. The molecule has 0 atom stereocenters. The second-order valence-corrected chi connectivity index (χ2v) is 5.50. The van der Waals surface area contributed by atoms with Crippen molar-refractivity contribution in [3.8, 4) is 0 Å². The van der Waals surface area contributed by atoms with Gasteiger partial charge in [0.25, 0.3) is 0 Å². The Kier molecular flexibility index (Phi) is 7.73. The van der Waals surface area contributed by atoms with Gasteiger partial charge >= 0.3 is 0 Å². The van der Waals surface area contributed by atoms with E-state index in [4.69, 9.17) is 0 Å². The van der Waals surface area contributed by atoms with Crippen molar-refractivity contribution in [1.82, 2.24) is 20.1 Å². The van der Waals surface area contributed by atoms with Gasteiger partial charge in [-0.25, -0.2) is 4.98 Å². The number of rotatable bonds is 6. The number of para-hydroxylation sites is 1. The number of hydrogen-bond donors (Lipinski definition) is 2. The zero-order valence-corrected chi connectivity index (χ0v) is 15.9. The van der Waals surface area contributed by atoms with Crippen molar-refractivity contribution in [1.29, 1.82) is 0 Å². The fourth-order valence-corrected chi connectivity index (χ4v) is 2.89. The first-order valence-electron chi connectivity index (χ1n) is 7.94. The number of aromatic amines is 1. The predicted molar refractivity (Wildman–Crippen MR) is 107 cm³/mol. The normalized spacial score (nSPS) is 10.7. The van der Waals surface area contributed by atoms with Crippen LogP contribution >= 0.6 is 24.8 Å². The second kappa shape index (κ2) is 9.06. The molecule has 1 aromatic carbocycles. The topological polar surface area (TPSA) is 56.8 Å². The smallest absolute Gasteiger partial charge is 0.183 e. The van der Waals surface area contributed by atoms with E-state index in [1.54, 1.807) is 0 Å². The summed E-state index contributed by atoms with van der Waals surface area (Å²) in [6, 6.07) is 8.23. The Morgan fingerprint density at radius 2 is 1.83 bits per heavy atom. The van der Waals surface area contributed by atoms with Gasteiger partial charge in [0.15, 0.2) is 5.65 Å². The molecule has 7 heteroatoms. The van der Waals surface area contributed by atoms with Crippen molar-refractivity contribution < 1.29 is 0 Å². The monoisotopic (exact) mass is 369 g/mol. The Hall–Kier alpha value is -1.56. The zero-order valence-electron chi connectivity index (χ0n) is 14.3. The molecule has 0 amide bonds. The first-order valence-corrected chi connectivity index (χ1v) is 7.94. The number of halogens is 2. The van der Waals surface area contributed by atoms with Crippen LogP contribution in [0.3, 0.4) is 0 Å². The molecule has 2 aromatic heterocycles. The van der Waals surface area contributed by atoms with E-state index in [1.165, 1.54) is 0 Å². The highest BCUT2D eigenvalue weighted by molar-refractivity contribution is 6.07. The van der Waals surface area contributed by atoms with Gasteiger partial charge in [-0.05, 0) is 26.1 Å². The van der Waals surface area contributed by atoms with E-state index in [-0.39, 0.29) is 24.8 Å². The lowest BCUT2D eigenvalue weighted by Crippen LogP contribution is -2.28. The molecule has 132 valence electrons. The molecule has 0 aliphatic carbocycles. The maximum Gasteiger partial charge on any atom is 0.183 e. The van der Waals surface area contributed by atoms with Crippen LogP contribution in [0.1, 0.15) is 19.5 Å². The van der Waals surface area contributed by atoms with E-state index in [1.807, 2.05) is 19.1 Å². The minimum atomic E-state index is 0. The summed E-state index contributed by atoms with van der Waals surface area (Å²) in [5.41, 5.74) is 3.95. The molecule has 24 heavy (non-hydrogen) atoms. The van der Waals surface area contributed by atoms with Crippen LogP contribution in [0.25, 0.3) is 21.9 Å². The molecule has 0 aliphatic rings. The average Bonchev–Trinajstić information content (AvgIpc) is 2.92. The first-order chi connectivity index (χ1) is 10.7. The molecular weight excluding hydrogens is 345 g/mol. The molecular formula is C17H25Cl2N5. The summed E-state index contributed by atoms with van der Waals surface area (Å²) in [4.78, 5) is 7.05. The standard InChI is InChI=1S/C17H23N5.2ClH/c1-4-22(5-2)11-10-18-16-13-8-6-7-9-14(13)19-17-15(16)12(3)20-21-17;;/h6-9H,4-5,10-11H2,1-3H3,(H2,18,19,20,21);2*1H. The van der Waals surface area contributed by atoms with E-state index < -0.39 is 0 Å². The molecule has 0 aliphatic heterocycles. The molecule has 0 unspecified atom stereocenters. The van der Waals surface area contributed by atoms with E-state index in [0.29, 0.717) is 0 Å². The van der Waals surface area contributed by atoms with E-state index in [9.17, 15) is 0 Å². The molecule has 0 saturated heterocycles. The van der Waals surface area contributed by atoms with Gasteiger partial charge in [-0.1, -0.05) is 32.0 Å². The van der Waals surface area contributed by atoms with Crippen LogP contribution < -0.4 is 5.32 Å². The number of likely N-dealkylation sites (N-methyl/N-ethyl adjacent to an activating group) is 1. The van der Waals surface area contributed by atoms with Crippen LogP contribution in [0, 0.1) is 6.92 Å². The quantitative estimate of drug-likeness (QED) is 0.688. The number of pyridine rings is 1. The summed E-state index contributed by atoms with van der Waals surface area (Å²) in [5, 5.41) is 13.2. The average molecular weight is 370 g/mol. The van der Waals surface area contributed by atoms with Crippen LogP contribution in [0.15, 0.2) is 24.3 Å². The molecule has 3 aromatic rings. The van der Waals surface area contributed by atoms with Crippen LogP contribution in [0.2, 0.25) is 0 Å². The van der Waals surface area contributed by atoms with Gasteiger partial charge in [0.2, 0.25) is 0 Å². The minimum absolute atomic E-state index is 0. The first kappa shape index (κ1) is 20.5. The van der Waals surface area contributed by atoms with Crippen LogP contribution in [0.5, 0.6) is 0 Å². The number of fused-ring (bicyclic) bond motifs is 2. The molecule has 0 fully saturated rings. The Morgan fingerprint density at radius 1 is 1.12 bits per heavy atom. The molecule has 3 rings (SSSR count). The van der Waals surface area contributed by atoms with Crippen molar-refractivity contribution >= 4 is 52.4 Å². The number of anilines is 1. The summed E-state index contributed by atoms with van der Waals surface area (Å²) in [7, 11) is 0. The number of H-pyrrole nitrogens is 1. The molecule has 0 bridgehead atoms. The lowest BCUT2D eigenvalue weighted by Gasteiger charge is -2.19. The predicted octanol–water partition coefficient (Wildman–Crippen LogP) is 4.02. The highest BCUT2D eigenvalue weighted by Crippen LogP contribution is 2.31. The van der Waals surface area contributed by atoms with E-state index in [2.05, 4.69) is 51.4 Å². The van der Waals surface area contributed by atoms with Crippen molar-refractivity contribution in [3.05, 3.63) is 30.0 Å². The van der Waals surface area contributed by atoms with E-state index >= 15 is 0 Å². The maximum atomic E-state index is 4.64. The summed E-state index contributed by atoms with van der Waals surface area (Å²) < 4.78 is 0. The summed E-state index contributed by atoms with van der Waals surface area (Å²) in [6.45, 7) is 10.5. The van der Waals surface area contributed by atoms with Gasteiger partial charge in [0.1, 0.15) is 0 Å². The second-order valence-electron chi connectivity index (χ2n) is 5.50. The molecule has 2 heterocycles. The third-order valence-electron chi connectivity index (χ3n) is 4.20. The third-order valence-corrected chi connectivity index (χ3v) is 4.20. The summed E-state index contributed by atoms with van der Waals surface area (Å²) in [6.07, 6.45) is 0. The number of nitrogens with zero attached hydrogens (tertiary/aromatic N) is 3. The summed E-state index contributed by atoms with van der Waals surface area (Å²) in [5.74, 6) is 0. The summed E-state index contributed by atoms with van der Waals surface area (Å²) >= 11 is 0. The van der Waals surface area contributed by atoms with Crippen LogP contribution in [-0.2, 0) is 0 Å². The SMILES string of the molecule is CCN(CC)CCNc1c2ccccc2nc2n[nH]c(C)c12.Cl.Cl. The Labute approximate surface area is 155 Å². The van der Waals surface area contributed by atoms with Gasteiger partial charge in [0.05, 0.1) is 16.6 Å². The maximum absolute atomic E-state index is 4.64. The number of hydrogen-bond acceptors (Lipinski definition) is 4. The van der Waals surface area contributed by atoms with Gasteiger partial charge in [-0.15, -0.1) is 24.8 Å².